The highest BCUT2D eigenvalue weighted by Crippen LogP contribution is 2.16. The van der Waals surface area contributed by atoms with Crippen LogP contribution in [-0.4, -0.2) is 32.3 Å². The lowest BCUT2D eigenvalue weighted by Gasteiger charge is -2.10. The maximum Gasteiger partial charge on any atom is 0.191 e. The molecule has 0 radical (unpaired) electrons. The fourth-order valence-electron chi connectivity index (χ4n) is 2.06. The van der Waals surface area contributed by atoms with Crippen LogP contribution in [0.5, 0.6) is 0 Å². The van der Waals surface area contributed by atoms with Gasteiger partial charge in [0.15, 0.2) is 11.8 Å². The molecular weight excluding hydrogens is 425 g/mol. The summed E-state index contributed by atoms with van der Waals surface area (Å²) in [5.41, 5.74) is 1.08. The van der Waals surface area contributed by atoms with Gasteiger partial charge in [0, 0.05) is 18.0 Å². The van der Waals surface area contributed by atoms with Gasteiger partial charge in [-0.25, -0.2) is 9.98 Å². The van der Waals surface area contributed by atoms with E-state index in [0.717, 1.165) is 42.1 Å². The molecule has 0 bridgehead atoms. The number of hydrogen-bond acceptors (Lipinski definition) is 5. The third-order valence-corrected chi connectivity index (χ3v) is 4.25. The molecule has 7 nitrogen and oxygen atoms in total. The van der Waals surface area contributed by atoms with Crippen molar-refractivity contribution in [3.05, 3.63) is 27.7 Å². The predicted octanol–water partition coefficient (Wildman–Crippen LogP) is 2.24. The Morgan fingerprint density at radius 2 is 2.09 bits per heavy atom. The van der Waals surface area contributed by atoms with Crippen molar-refractivity contribution < 1.29 is 0 Å². The Morgan fingerprint density at radius 1 is 1.30 bits per heavy atom. The number of hydrogen-bond donors (Lipinski definition) is 2. The Labute approximate surface area is 158 Å². The van der Waals surface area contributed by atoms with Crippen LogP contribution in [0.1, 0.15) is 35.3 Å². The Morgan fingerprint density at radius 3 is 2.70 bits per heavy atom. The highest BCUT2D eigenvalue weighted by atomic mass is 127. The first-order chi connectivity index (χ1) is 10.6. The predicted molar refractivity (Wildman–Crippen MR) is 104 cm³/mol. The molecule has 0 aliphatic heterocycles. The Kier molecular flexibility index (Phi) is 8.45. The van der Waals surface area contributed by atoms with Crippen LogP contribution in [0.25, 0.3) is 0 Å². The first-order valence-electron chi connectivity index (χ1n) is 7.45. The number of nitrogens with zero attached hydrogens (tertiary/aromatic N) is 5. The van der Waals surface area contributed by atoms with E-state index >= 15 is 0 Å². The van der Waals surface area contributed by atoms with E-state index in [2.05, 4.69) is 37.7 Å². The van der Waals surface area contributed by atoms with Gasteiger partial charge in [-0.2, -0.15) is 0 Å². The number of aromatic nitrogens is 4. The van der Waals surface area contributed by atoms with Gasteiger partial charge >= 0.3 is 0 Å². The van der Waals surface area contributed by atoms with Crippen LogP contribution in [0, 0.1) is 13.8 Å². The van der Waals surface area contributed by atoms with Gasteiger partial charge in [-0.1, -0.05) is 0 Å². The summed E-state index contributed by atoms with van der Waals surface area (Å²) in [5, 5.41) is 15.7. The summed E-state index contributed by atoms with van der Waals surface area (Å²) in [6.45, 7) is 11.1. The molecule has 128 valence electrons. The minimum Gasteiger partial charge on any atom is -0.357 e. The maximum atomic E-state index is 4.57. The van der Waals surface area contributed by atoms with Crippen LogP contribution in [0.3, 0.4) is 0 Å². The molecule has 9 heteroatoms. The lowest BCUT2D eigenvalue weighted by Crippen LogP contribution is -2.36. The van der Waals surface area contributed by atoms with E-state index in [0.29, 0.717) is 6.54 Å². The highest BCUT2D eigenvalue weighted by molar-refractivity contribution is 14.0. The lowest BCUT2D eigenvalue weighted by atomic mass is 10.4. The van der Waals surface area contributed by atoms with Crippen molar-refractivity contribution in [2.24, 2.45) is 4.99 Å². The van der Waals surface area contributed by atoms with E-state index in [-0.39, 0.29) is 24.0 Å². The standard InChI is InChI=1S/C14H23N7S.HI/c1-5-15-14(16-7-12-10(3)19-11(4)22-12)17-8-13-20-18-9-21(13)6-2;/h9H,5-8H2,1-4H3,(H2,15,16,17);1H. The molecule has 2 heterocycles. The third-order valence-electron chi connectivity index (χ3n) is 3.18. The lowest BCUT2D eigenvalue weighted by molar-refractivity contribution is 0.694. The number of aryl methyl sites for hydroxylation is 3. The summed E-state index contributed by atoms with van der Waals surface area (Å²) < 4.78 is 1.99. The van der Waals surface area contributed by atoms with Gasteiger partial charge < -0.3 is 15.2 Å². The molecular formula is C14H24IN7S. The van der Waals surface area contributed by atoms with Gasteiger partial charge in [0.2, 0.25) is 0 Å². The van der Waals surface area contributed by atoms with Gasteiger partial charge in [-0.05, 0) is 27.7 Å². The first-order valence-corrected chi connectivity index (χ1v) is 8.27. The average molecular weight is 449 g/mol. The molecule has 23 heavy (non-hydrogen) atoms. The van der Waals surface area contributed by atoms with E-state index < -0.39 is 0 Å². The number of aliphatic imine (C=N–C) groups is 1. The number of rotatable bonds is 6. The van der Waals surface area contributed by atoms with Gasteiger partial charge in [0.1, 0.15) is 12.9 Å². The number of halogens is 1. The zero-order valence-corrected chi connectivity index (χ0v) is 17.1. The second-order valence-corrected chi connectivity index (χ2v) is 6.11. The first kappa shape index (κ1) is 19.8. The summed E-state index contributed by atoms with van der Waals surface area (Å²) in [6, 6.07) is 0. The van der Waals surface area contributed by atoms with Crippen molar-refractivity contribution in [3.63, 3.8) is 0 Å². The fourth-order valence-corrected chi connectivity index (χ4v) is 2.94. The third kappa shape index (κ3) is 5.72. The Hall–Kier alpha value is -1.23. The molecule has 2 N–H and O–H groups in total. The van der Waals surface area contributed by atoms with Crippen molar-refractivity contribution in [2.45, 2.75) is 47.3 Å². The van der Waals surface area contributed by atoms with Crippen molar-refractivity contribution in [1.82, 2.24) is 30.4 Å². The summed E-state index contributed by atoms with van der Waals surface area (Å²) in [7, 11) is 0. The number of nitrogens with one attached hydrogen (secondary N) is 2. The largest absolute Gasteiger partial charge is 0.357 e. The summed E-state index contributed by atoms with van der Waals surface area (Å²) in [4.78, 5) is 10.2. The topological polar surface area (TPSA) is 80.0 Å². The molecule has 0 amide bonds. The Bertz CT molecular complexity index is 635. The zero-order valence-electron chi connectivity index (χ0n) is 14.0. The Balaban J connectivity index is 0.00000264. The van der Waals surface area contributed by atoms with E-state index in [1.807, 2.05) is 25.3 Å². The molecule has 0 atom stereocenters. The minimum atomic E-state index is 0. The average Bonchev–Trinajstić information content (AvgIpc) is 3.07. The van der Waals surface area contributed by atoms with Crippen molar-refractivity contribution in [3.8, 4) is 0 Å². The molecule has 2 rings (SSSR count). The molecule has 0 aromatic carbocycles. The van der Waals surface area contributed by atoms with Gasteiger partial charge in [-0.3, -0.25) is 0 Å². The van der Waals surface area contributed by atoms with E-state index in [9.17, 15) is 0 Å². The SMILES string of the molecule is CCNC(=NCc1nncn1CC)NCc1sc(C)nc1C.I. The quantitative estimate of drug-likeness (QED) is 0.402. The molecule has 0 saturated carbocycles. The number of guanidine groups is 1. The van der Waals surface area contributed by atoms with E-state index in [1.54, 1.807) is 17.7 Å². The van der Waals surface area contributed by atoms with Crippen LogP contribution < -0.4 is 10.6 Å². The molecule has 0 saturated heterocycles. The van der Waals surface area contributed by atoms with Crippen LogP contribution in [0.4, 0.5) is 0 Å². The second-order valence-electron chi connectivity index (χ2n) is 4.82. The smallest absolute Gasteiger partial charge is 0.191 e. The zero-order chi connectivity index (χ0) is 15.9. The van der Waals surface area contributed by atoms with Gasteiger partial charge in [-0.15, -0.1) is 45.5 Å². The minimum absolute atomic E-state index is 0. The van der Waals surface area contributed by atoms with E-state index in [4.69, 9.17) is 0 Å². The maximum absolute atomic E-state index is 4.57. The van der Waals surface area contributed by atoms with Crippen LogP contribution in [0.15, 0.2) is 11.3 Å². The normalized spacial score (nSPS) is 11.2. The van der Waals surface area contributed by atoms with Crippen molar-refractivity contribution >= 4 is 41.3 Å². The number of thiazole rings is 1. The fraction of sp³-hybridized carbons (Fsp3) is 0.571. The molecule has 2 aromatic heterocycles. The molecule has 0 spiro atoms. The summed E-state index contributed by atoms with van der Waals surface area (Å²) in [5.74, 6) is 1.64. The summed E-state index contributed by atoms with van der Waals surface area (Å²) >= 11 is 1.71. The highest BCUT2D eigenvalue weighted by Gasteiger charge is 2.07. The van der Waals surface area contributed by atoms with Crippen molar-refractivity contribution in [1.29, 1.82) is 0 Å². The van der Waals surface area contributed by atoms with Gasteiger partial charge in [0.25, 0.3) is 0 Å². The van der Waals surface area contributed by atoms with Gasteiger partial charge in [0.05, 0.1) is 17.2 Å². The van der Waals surface area contributed by atoms with Crippen molar-refractivity contribution in [2.75, 3.05) is 6.54 Å². The monoisotopic (exact) mass is 449 g/mol. The summed E-state index contributed by atoms with van der Waals surface area (Å²) in [6.07, 6.45) is 1.73. The molecule has 0 fully saturated rings. The molecule has 2 aromatic rings. The second kappa shape index (κ2) is 9.81. The van der Waals surface area contributed by atoms with Crippen LogP contribution in [-0.2, 0) is 19.6 Å². The van der Waals surface area contributed by atoms with Crippen LogP contribution in [0.2, 0.25) is 0 Å². The molecule has 0 aliphatic carbocycles. The van der Waals surface area contributed by atoms with E-state index in [1.165, 1.54) is 4.88 Å². The van der Waals surface area contributed by atoms with Crippen LogP contribution >= 0.6 is 35.3 Å². The molecule has 0 unspecified atom stereocenters. The molecule has 0 aliphatic rings.